The molecule has 11 heteroatoms. The van der Waals surface area contributed by atoms with Gasteiger partial charge in [0.2, 0.25) is 5.91 Å². The van der Waals surface area contributed by atoms with E-state index in [1.54, 1.807) is 0 Å². The van der Waals surface area contributed by atoms with Crippen LogP contribution in [0.5, 0.6) is 0 Å². The van der Waals surface area contributed by atoms with Crippen molar-refractivity contribution in [1.82, 2.24) is 14.9 Å². The average Bonchev–Trinajstić information content (AvgIpc) is 2.86. The van der Waals surface area contributed by atoms with Crippen molar-refractivity contribution in [3.63, 3.8) is 0 Å². The molecule has 24 heavy (non-hydrogen) atoms. The maximum atomic E-state index is 12.0. The van der Waals surface area contributed by atoms with Gasteiger partial charge in [0.15, 0.2) is 6.23 Å². The summed E-state index contributed by atoms with van der Waals surface area (Å²) in [5.41, 5.74) is 10.0. The number of hydrogen-bond donors (Lipinski definition) is 5. The highest BCUT2D eigenvalue weighted by atomic mass is 16.6. The molecule has 1 aliphatic rings. The quantitative estimate of drug-likeness (QED) is 0.337. The fraction of sp³-hybridized carbons (Fsp3) is 0.615. The molecule has 2 rings (SSSR count). The molecule has 0 saturated carbocycles. The van der Waals surface area contributed by atoms with Gasteiger partial charge in [-0.1, -0.05) is 0 Å². The first kappa shape index (κ1) is 18.3. The summed E-state index contributed by atoms with van der Waals surface area (Å²) in [7, 11) is 0. The number of hydrogen-bond acceptors (Lipinski definition) is 9. The number of anilines is 1. The second kappa shape index (κ2) is 8.17. The number of amides is 1. The molecule has 0 bridgehead atoms. The number of aromatic nitrogens is 2. The van der Waals surface area contributed by atoms with Crippen molar-refractivity contribution in [2.24, 2.45) is 5.73 Å². The van der Waals surface area contributed by atoms with Crippen LogP contribution in [-0.4, -0.2) is 70.3 Å². The Morgan fingerprint density at radius 1 is 1.54 bits per heavy atom. The van der Waals surface area contributed by atoms with E-state index in [-0.39, 0.29) is 25.5 Å². The second-order valence-corrected chi connectivity index (χ2v) is 5.19. The number of nitrogen functional groups attached to an aromatic ring is 1. The maximum absolute atomic E-state index is 12.0. The molecule has 4 atom stereocenters. The van der Waals surface area contributed by atoms with Crippen LogP contribution < -0.4 is 22.5 Å². The van der Waals surface area contributed by atoms with E-state index < -0.39 is 42.7 Å². The van der Waals surface area contributed by atoms with E-state index in [1.165, 1.54) is 12.3 Å². The van der Waals surface area contributed by atoms with Gasteiger partial charge in [0, 0.05) is 19.3 Å². The van der Waals surface area contributed by atoms with Gasteiger partial charge in [0.25, 0.3) is 0 Å². The molecule has 1 amide bonds. The molecule has 0 spiro atoms. The van der Waals surface area contributed by atoms with Crippen molar-refractivity contribution in [1.29, 1.82) is 0 Å². The molecule has 1 aromatic heterocycles. The van der Waals surface area contributed by atoms with Crippen LogP contribution in [0.15, 0.2) is 17.1 Å². The zero-order valence-corrected chi connectivity index (χ0v) is 12.9. The zero-order chi connectivity index (χ0) is 17.7. The number of nitrogens with two attached hydrogens (primary N) is 2. The molecule has 7 N–H and O–H groups in total. The number of aliphatic hydroxyl groups excluding tert-OH is 2. The lowest BCUT2D eigenvalue weighted by molar-refractivity contribution is -0.133. The van der Waals surface area contributed by atoms with Crippen molar-refractivity contribution in [2.75, 3.05) is 32.0 Å². The Labute approximate surface area is 137 Å². The van der Waals surface area contributed by atoms with Gasteiger partial charge in [-0.2, -0.15) is 4.98 Å². The first-order valence-electron chi connectivity index (χ1n) is 7.35. The molecule has 0 aromatic carbocycles. The van der Waals surface area contributed by atoms with Crippen molar-refractivity contribution >= 4 is 11.7 Å². The highest BCUT2D eigenvalue weighted by molar-refractivity contribution is 5.77. The fourth-order valence-corrected chi connectivity index (χ4v) is 2.33. The van der Waals surface area contributed by atoms with Crippen LogP contribution in [0.3, 0.4) is 0 Å². The van der Waals surface area contributed by atoms with Crippen molar-refractivity contribution in [3.05, 3.63) is 22.7 Å². The lowest BCUT2D eigenvalue weighted by Gasteiger charge is -2.22. The third kappa shape index (κ3) is 4.07. The number of nitrogens with zero attached hydrogens (tertiary/aromatic N) is 2. The van der Waals surface area contributed by atoms with Gasteiger partial charge in [0.05, 0.1) is 6.61 Å². The van der Waals surface area contributed by atoms with E-state index in [4.69, 9.17) is 20.9 Å². The van der Waals surface area contributed by atoms with E-state index in [9.17, 15) is 19.8 Å². The summed E-state index contributed by atoms with van der Waals surface area (Å²) >= 11 is 0. The van der Waals surface area contributed by atoms with E-state index >= 15 is 0 Å². The Kier molecular flexibility index (Phi) is 6.23. The minimum Gasteiger partial charge on any atom is -0.394 e. The third-order valence-electron chi connectivity index (χ3n) is 3.49. The van der Waals surface area contributed by atoms with Gasteiger partial charge < -0.3 is 36.5 Å². The molecule has 134 valence electrons. The Morgan fingerprint density at radius 2 is 2.29 bits per heavy atom. The van der Waals surface area contributed by atoms with E-state index in [1.807, 2.05) is 0 Å². The minimum atomic E-state index is -1.23. The monoisotopic (exact) mass is 343 g/mol. The Balaban J connectivity index is 2.14. The van der Waals surface area contributed by atoms with Crippen LogP contribution in [0, 0.1) is 0 Å². The fourth-order valence-electron chi connectivity index (χ4n) is 2.33. The summed E-state index contributed by atoms with van der Waals surface area (Å²) < 4.78 is 11.9. The molecule has 1 aliphatic heterocycles. The molecule has 1 aromatic rings. The van der Waals surface area contributed by atoms with Crippen molar-refractivity contribution < 1.29 is 24.5 Å². The molecule has 2 heterocycles. The van der Waals surface area contributed by atoms with Crippen LogP contribution in [0.4, 0.5) is 5.82 Å². The topological polar surface area (TPSA) is 175 Å². The third-order valence-corrected chi connectivity index (χ3v) is 3.49. The highest BCUT2D eigenvalue weighted by Crippen LogP contribution is 2.30. The van der Waals surface area contributed by atoms with Gasteiger partial charge in [-0.05, 0) is 6.07 Å². The number of rotatable bonds is 7. The Hall–Kier alpha value is -2.05. The first-order valence-corrected chi connectivity index (χ1v) is 7.35. The van der Waals surface area contributed by atoms with Gasteiger partial charge >= 0.3 is 5.69 Å². The van der Waals surface area contributed by atoms with Crippen molar-refractivity contribution in [2.45, 2.75) is 24.5 Å². The van der Waals surface area contributed by atoms with Crippen LogP contribution in [-0.2, 0) is 14.3 Å². The predicted molar refractivity (Wildman–Crippen MR) is 81.7 cm³/mol. The SMILES string of the molecule is NCCNC(=O)CO[C@@H]1[C@H](O)[C@@H](CO)O[C@H]1n1ccc(N)nc1=O. The summed E-state index contributed by atoms with van der Waals surface area (Å²) in [6.07, 6.45) is -2.95. The normalized spacial score (nSPS) is 26.5. The standard InChI is InChI=1S/C13H21N5O6/c14-2-3-16-9(20)6-23-11-10(21)7(5-19)24-12(11)18-4-1-8(15)17-13(18)22/h1,4,7,10-12,19,21H,2-3,5-6,14H2,(H,16,20)(H2,15,17,22)/t7-,10-,11-,12-/m1/s1. The summed E-state index contributed by atoms with van der Waals surface area (Å²) in [4.78, 5) is 27.1. The average molecular weight is 343 g/mol. The highest BCUT2D eigenvalue weighted by Gasteiger charge is 2.45. The molecule has 1 fully saturated rings. The largest absolute Gasteiger partial charge is 0.394 e. The molecule has 0 radical (unpaired) electrons. The smallest absolute Gasteiger partial charge is 0.351 e. The number of nitrogens with one attached hydrogen (secondary N) is 1. The Morgan fingerprint density at radius 3 is 2.92 bits per heavy atom. The van der Waals surface area contributed by atoms with E-state index in [0.29, 0.717) is 0 Å². The lowest BCUT2D eigenvalue weighted by atomic mass is 10.1. The molecule has 0 aliphatic carbocycles. The van der Waals surface area contributed by atoms with Crippen molar-refractivity contribution in [3.8, 4) is 0 Å². The van der Waals surface area contributed by atoms with Crippen LogP contribution in [0.25, 0.3) is 0 Å². The van der Waals surface area contributed by atoms with Crippen LogP contribution >= 0.6 is 0 Å². The first-order chi connectivity index (χ1) is 11.5. The van der Waals surface area contributed by atoms with Gasteiger partial charge in [-0.15, -0.1) is 0 Å². The number of ether oxygens (including phenoxy) is 2. The van der Waals surface area contributed by atoms with Crippen LogP contribution in [0.2, 0.25) is 0 Å². The summed E-state index contributed by atoms with van der Waals surface area (Å²) in [6.45, 7) is -0.274. The molecule has 1 saturated heterocycles. The molecular weight excluding hydrogens is 322 g/mol. The van der Waals surface area contributed by atoms with Gasteiger partial charge in [-0.3, -0.25) is 9.36 Å². The van der Waals surface area contributed by atoms with Crippen LogP contribution in [0.1, 0.15) is 6.23 Å². The number of carbonyl (C=O) groups excluding carboxylic acids is 1. The predicted octanol–water partition coefficient (Wildman–Crippen LogP) is -3.46. The summed E-state index contributed by atoms with van der Waals surface area (Å²) in [6, 6.07) is 1.38. The number of carbonyl (C=O) groups is 1. The lowest BCUT2D eigenvalue weighted by Crippen LogP contribution is -2.41. The minimum absolute atomic E-state index is 0.0344. The molecule has 0 unspecified atom stereocenters. The summed E-state index contributed by atoms with van der Waals surface area (Å²) in [5.74, 6) is -0.395. The maximum Gasteiger partial charge on any atom is 0.351 e. The van der Waals surface area contributed by atoms with Gasteiger partial charge in [-0.25, -0.2) is 4.79 Å². The molecular formula is C13H21N5O6. The zero-order valence-electron chi connectivity index (χ0n) is 12.9. The second-order valence-electron chi connectivity index (χ2n) is 5.19. The molecule has 11 nitrogen and oxygen atoms in total. The van der Waals surface area contributed by atoms with Gasteiger partial charge in [0.1, 0.15) is 30.7 Å². The summed E-state index contributed by atoms with van der Waals surface area (Å²) in [5, 5.41) is 22.0. The van der Waals surface area contributed by atoms with E-state index in [2.05, 4.69) is 10.3 Å². The Bertz CT molecular complexity index is 623. The number of aliphatic hydroxyl groups is 2. The van der Waals surface area contributed by atoms with E-state index in [0.717, 1.165) is 4.57 Å².